The van der Waals surface area contributed by atoms with Crippen molar-refractivity contribution >= 4 is 38.9 Å². The molecular weight excluding hydrogens is 494 g/mol. The Morgan fingerprint density at radius 1 is 1.00 bits per heavy atom. The molecule has 0 saturated heterocycles. The fourth-order valence-electron chi connectivity index (χ4n) is 5.55. The zero-order valence-corrected chi connectivity index (χ0v) is 20.4. The number of aromatic nitrogens is 1. The minimum Gasteiger partial charge on any atom is -0.506 e. The molecule has 0 radical (unpaired) electrons. The van der Waals surface area contributed by atoms with Gasteiger partial charge < -0.3 is 29.0 Å². The van der Waals surface area contributed by atoms with Gasteiger partial charge in [0.05, 0.1) is 24.5 Å². The molecule has 0 spiro atoms. The molecular formula is C28H21NO9. The van der Waals surface area contributed by atoms with Crippen LogP contribution in [0.5, 0.6) is 17.2 Å². The van der Waals surface area contributed by atoms with Crippen LogP contribution in [-0.2, 0) is 13.0 Å². The molecule has 0 fully saturated rings. The fourth-order valence-corrected chi connectivity index (χ4v) is 5.55. The number of aliphatic hydroxyl groups excluding tert-OH is 1. The van der Waals surface area contributed by atoms with Gasteiger partial charge in [-0.05, 0) is 48.9 Å². The van der Waals surface area contributed by atoms with Crippen LogP contribution in [0.2, 0.25) is 0 Å². The van der Waals surface area contributed by atoms with Crippen LogP contribution >= 0.6 is 0 Å². The quantitative estimate of drug-likeness (QED) is 0.373. The number of aliphatic hydroxyl groups is 1. The molecule has 6 rings (SSSR count). The zero-order valence-electron chi connectivity index (χ0n) is 20.4. The first kappa shape index (κ1) is 23.7. The first-order valence-corrected chi connectivity index (χ1v) is 11.9. The van der Waals surface area contributed by atoms with Crippen LogP contribution in [0.15, 0.2) is 43.8 Å². The summed E-state index contributed by atoms with van der Waals surface area (Å²) in [5.74, 6) is -2.66. The van der Waals surface area contributed by atoms with Gasteiger partial charge in [-0.3, -0.25) is 19.2 Å². The molecule has 2 aliphatic carbocycles. The Kier molecular flexibility index (Phi) is 5.08. The van der Waals surface area contributed by atoms with Crippen molar-refractivity contribution in [3.8, 4) is 17.2 Å². The molecule has 2 aliphatic rings. The molecule has 2 aromatic carbocycles. The van der Waals surface area contributed by atoms with Crippen molar-refractivity contribution in [2.75, 3.05) is 13.7 Å². The number of ketones is 2. The molecule has 0 unspecified atom stereocenters. The number of nitrogens with zero attached hydrogens (tertiary/aromatic N) is 1. The van der Waals surface area contributed by atoms with Crippen molar-refractivity contribution in [3.05, 3.63) is 78.6 Å². The molecule has 38 heavy (non-hydrogen) atoms. The Hall–Kier alpha value is -4.70. The molecule has 10 nitrogen and oxygen atoms in total. The standard InChI is InChI=1S/C28H21NO9/c1-11-7-13-8-12-3-4-14-21(19(12)25(34)20(13)28(36)29(11)5-6-30)26(35)22-23(32)15-9-16(31)18(37-2)10-17(15)38-27(22)24(14)33/h7-10,30-31,34H,3-6H2,1-2H3. The van der Waals surface area contributed by atoms with Crippen LogP contribution in [0.25, 0.3) is 27.3 Å². The van der Waals surface area contributed by atoms with Gasteiger partial charge in [-0.15, -0.1) is 0 Å². The van der Waals surface area contributed by atoms with Crippen molar-refractivity contribution in [2.45, 2.75) is 26.3 Å². The lowest BCUT2D eigenvalue weighted by atomic mass is 9.75. The van der Waals surface area contributed by atoms with Crippen LogP contribution in [0.4, 0.5) is 0 Å². The first-order chi connectivity index (χ1) is 18.2. The van der Waals surface area contributed by atoms with E-state index in [0.29, 0.717) is 23.1 Å². The minimum absolute atomic E-state index is 0.0155. The van der Waals surface area contributed by atoms with E-state index in [-0.39, 0.29) is 64.1 Å². The van der Waals surface area contributed by atoms with E-state index in [1.54, 1.807) is 19.1 Å². The second-order valence-corrected chi connectivity index (χ2v) is 9.36. The number of rotatable bonds is 3. The number of carbonyl (C=O) groups is 2. The highest BCUT2D eigenvalue weighted by molar-refractivity contribution is 6.41. The molecule has 192 valence electrons. The number of hydrogen-bond donors (Lipinski definition) is 3. The van der Waals surface area contributed by atoms with Crippen molar-refractivity contribution in [1.82, 2.24) is 4.57 Å². The topological polar surface area (TPSA) is 156 Å². The van der Waals surface area contributed by atoms with E-state index in [0.717, 1.165) is 6.07 Å². The third-order valence-electron chi connectivity index (χ3n) is 7.31. The number of hydrogen-bond acceptors (Lipinski definition) is 9. The van der Waals surface area contributed by atoms with E-state index in [1.807, 2.05) is 0 Å². The molecule has 0 amide bonds. The minimum atomic E-state index is -0.808. The summed E-state index contributed by atoms with van der Waals surface area (Å²) in [6, 6.07) is 5.78. The SMILES string of the molecule is COc1cc2oc3c(c(=O)c2cc1O)C(=O)C1=C(CCc2cc4cc(C)n(CCO)c(=O)c4c(O)c21)C3=O. The second kappa shape index (κ2) is 8.15. The number of pyridine rings is 1. The van der Waals surface area contributed by atoms with E-state index in [2.05, 4.69) is 0 Å². The van der Waals surface area contributed by atoms with Crippen molar-refractivity contribution < 1.29 is 34.1 Å². The smallest absolute Gasteiger partial charge is 0.262 e. The lowest BCUT2D eigenvalue weighted by Crippen LogP contribution is -2.30. The lowest BCUT2D eigenvalue weighted by Gasteiger charge is -2.27. The second-order valence-electron chi connectivity index (χ2n) is 9.36. The highest BCUT2D eigenvalue weighted by Crippen LogP contribution is 2.45. The maximum atomic E-state index is 13.8. The normalized spacial score (nSPS) is 14.6. The average Bonchev–Trinajstić information content (AvgIpc) is 2.89. The number of allylic oxidation sites excluding steroid dienone is 2. The summed E-state index contributed by atoms with van der Waals surface area (Å²) in [4.78, 5) is 54.1. The summed E-state index contributed by atoms with van der Waals surface area (Å²) in [6.45, 7) is 1.44. The monoisotopic (exact) mass is 515 g/mol. The molecule has 2 aromatic heterocycles. The van der Waals surface area contributed by atoms with Crippen molar-refractivity contribution in [1.29, 1.82) is 0 Å². The summed E-state index contributed by atoms with van der Waals surface area (Å²) in [5.41, 5.74) is -0.751. The number of phenols is 2. The highest BCUT2D eigenvalue weighted by atomic mass is 16.5. The third-order valence-corrected chi connectivity index (χ3v) is 7.31. The number of phenolic OH excluding ortho intramolecular Hbond substituents is 2. The summed E-state index contributed by atoms with van der Waals surface area (Å²) in [6.07, 6.45) is 0.475. The molecule has 2 heterocycles. The van der Waals surface area contributed by atoms with Crippen molar-refractivity contribution in [3.63, 3.8) is 0 Å². The Labute approximate surface area is 213 Å². The summed E-state index contributed by atoms with van der Waals surface area (Å²) in [7, 11) is 1.32. The zero-order chi connectivity index (χ0) is 27.0. The van der Waals surface area contributed by atoms with E-state index in [1.165, 1.54) is 17.7 Å². The maximum Gasteiger partial charge on any atom is 0.262 e. The summed E-state index contributed by atoms with van der Waals surface area (Å²) in [5, 5.41) is 31.2. The summed E-state index contributed by atoms with van der Waals surface area (Å²) >= 11 is 0. The number of ether oxygens (including phenoxy) is 1. The van der Waals surface area contributed by atoms with Gasteiger partial charge in [0, 0.05) is 35.0 Å². The van der Waals surface area contributed by atoms with Crippen LogP contribution in [0.1, 0.15) is 44.2 Å². The van der Waals surface area contributed by atoms with Gasteiger partial charge in [0.15, 0.2) is 17.3 Å². The number of fused-ring (bicyclic) bond motifs is 5. The predicted octanol–water partition coefficient (Wildman–Crippen LogP) is 2.61. The Balaban J connectivity index is 1.65. The maximum absolute atomic E-state index is 13.8. The number of Topliss-reactive ketones (excluding diaryl/α,β-unsaturated/α-hetero) is 2. The van der Waals surface area contributed by atoms with Crippen LogP contribution in [0.3, 0.4) is 0 Å². The van der Waals surface area contributed by atoms with Gasteiger partial charge >= 0.3 is 0 Å². The molecule has 10 heteroatoms. The first-order valence-electron chi connectivity index (χ1n) is 11.9. The number of methoxy groups -OCH3 is 1. The van der Waals surface area contributed by atoms with Crippen LogP contribution in [-0.4, -0.2) is 45.2 Å². The fraction of sp³-hybridized carbons (Fsp3) is 0.214. The van der Waals surface area contributed by atoms with Gasteiger partial charge in [-0.2, -0.15) is 0 Å². The molecule has 0 bridgehead atoms. The highest BCUT2D eigenvalue weighted by Gasteiger charge is 2.41. The van der Waals surface area contributed by atoms with E-state index >= 15 is 0 Å². The Morgan fingerprint density at radius 3 is 2.47 bits per heavy atom. The summed E-state index contributed by atoms with van der Waals surface area (Å²) < 4.78 is 12.1. The van der Waals surface area contributed by atoms with E-state index in [9.17, 15) is 34.5 Å². The third kappa shape index (κ3) is 3.04. The van der Waals surface area contributed by atoms with Gasteiger partial charge in [0.1, 0.15) is 16.9 Å². The molecule has 0 saturated carbocycles. The van der Waals surface area contributed by atoms with E-state index < -0.39 is 39.6 Å². The lowest BCUT2D eigenvalue weighted by molar-refractivity contribution is 0.0963. The van der Waals surface area contributed by atoms with Gasteiger partial charge in [0.2, 0.25) is 17.0 Å². The number of carbonyl (C=O) groups excluding carboxylic acids is 2. The molecule has 3 N–H and O–H groups in total. The van der Waals surface area contributed by atoms with Crippen molar-refractivity contribution in [2.24, 2.45) is 0 Å². The Morgan fingerprint density at radius 2 is 1.76 bits per heavy atom. The number of benzene rings is 2. The van der Waals surface area contributed by atoms with E-state index in [4.69, 9.17) is 9.15 Å². The predicted molar refractivity (Wildman–Crippen MR) is 136 cm³/mol. The Bertz CT molecular complexity index is 1920. The average molecular weight is 515 g/mol. The molecule has 0 aliphatic heterocycles. The van der Waals surface area contributed by atoms with Crippen LogP contribution in [0, 0.1) is 6.92 Å². The van der Waals surface area contributed by atoms with Gasteiger partial charge in [0.25, 0.3) is 5.56 Å². The van der Waals surface area contributed by atoms with Crippen LogP contribution < -0.4 is 15.7 Å². The largest absolute Gasteiger partial charge is 0.506 e. The molecule has 0 atom stereocenters. The van der Waals surface area contributed by atoms with Gasteiger partial charge in [-0.1, -0.05) is 0 Å². The number of aryl methyl sites for hydroxylation is 2. The van der Waals surface area contributed by atoms with Gasteiger partial charge in [-0.25, -0.2) is 0 Å². The number of aromatic hydroxyl groups is 2. The molecule has 4 aromatic rings.